The molecule has 1 N–H and O–H groups in total. The number of carboxylic acids is 1. The Morgan fingerprint density at radius 3 is 2.34 bits per heavy atom. The number of carboxylic acid groups (broad SMARTS) is 1. The fraction of sp³-hybridized carbons (Fsp3) is 0.714. The van der Waals surface area contributed by atoms with Crippen molar-refractivity contribution in [2.75, 3.05) is 13.2 Å². The van der Waals surface area contributed by atoms with E-state index in [1.165, 1.54) is 51.2 Å². The summed E-state index contributed by atoms with van der Waals surface area (Å²) in [6.07, 6.45) is 8.34. The van der Waals surface area contributed by atoms with Gasteiger partial charge < -0.3 is 14.7 Å². The van der Waals surface area contributed by atoms with Gasteiger partial charge in [0.25, 0.3) is 5.91 Å². The summed E-state index contributed by atoms with van der Waals surface area (Å²) in [5, 5.41) is 9.54. The third kappa shape index (κ3) is 4.13. The summed E-state index contributed by atoms with van der Waals surface area (Å²) >= 11 is 0. The van der Waals surface area contributed by atoms with Gasteiger partial charge >= 0.3 is 5.97 Å². The fourth-order valence-electron chi connectivity index (χ4n) is 8.06. The first-order chi connectivity index (χ1) is 16.8. The van der Waals surface area contributed by atoms with Crippen molar-refractivity contribution in [1.29, 1.82) is 0 Å². The van der Waals surface area contributed by atoms with Crippen LogP contribution in [0, 0.1) is 41.3 Å². The van der Waals surface area contributed by atoms with Crippen LogP contribution < -0.4 is 4.74 Å². The zero-order chi connectivity index (χ0) is 24.4. The van der Waals surface area contributed by atoms with Crippen molar-refractivity contribution >= 4 is 11.9 Å². The lowest BCUT2D eigenvalue weighted by molar-refractivity contribution is -0.142. The second-order valence-corrected chi connectivity index (χ2v) is 12.0. The molecular weight excluding hydrogens is 452 g/mol. The molecule has 1 aromatic rings. The maximum absolute atomic E-state index is 15.2. The van der Waals surface area contributed by atoms with Crippen LogP contribution in [0.25, 0.3) is 0 Å². The molecule has 1 heterocycles. The molecule has 190 valence electrons. The average molecular weight is 488 g/mol. The Morgan fingerprint density at radius 1 is 1.09 bits per heavy atom. The molecule has 1 aliphatic heterocycles. The third-order valence-electron chi connectivity index (χ3n) is 9.77. The number of nitrogens with zero attached hydrogens (tertiary/aromatic N) is 1. The summed E-state index contributed by atoms with van der Waals surface area (Å²) in [5.74, 6) is 1.33. The first-order valence-corrected chi connectivity index (χ1v) is 13.4. The minimum Gasteiger partial charge on any atom is -0.493 e. The minimum absolute atomic E-state index is 0.187. The summed E-state index contributed by atoms with van der Waals surface area (Å²) in [6.45, 7) is 1.69. The smallest absolute Gasteiger partial charge is 0.326 e. The summed E-state index contributed by atoms with van der Waals surface area (Å²) < 4.78 is 35.6. The Hall–Kier alpha value is -2.18. The molecule has 6 aliphatic rings. The topological polar surface area (TPSA) is 66.8 Å². The van der Waals surface area contributed by atoms with Crippen LogP contribution in [-0.2, 0) is 4.79 Å². The van der Waals surface area contributed by atoms with Crippen LogP contribution in [0.3, 0.4) is 0 Å². The summed E-state index contributed by atoms with van der Waals surface area (Å²) in [4.78, 5) is 25.8. The first kappa shape index (κ1) is 23.2. The van der Waals surface area contributed by atoms with Crippen molar-refractivity contribution in [3.63, 3.8) is 0 Å². The highest BCUT2D eigenvalue weighted by Crippen LogP contribution is 2.57. The van der Waals surface area contributed by atoms with Crippen LogP contribution >= 0.6 is 0 Å². The van der Waals surface area contributed by atoms with E-state index in [0.29, 0.717) is 18.3 Å². The molecule has 5 saturated carbocycles. The van der Waals surface area contributed by atoms with Gasteiger partial charge in [-0.25, -0.2) is 13.6 Å². The van der Waals surface area contributed by atoms with Crippen LogP contribution in [0.5, 0.6) is 5.75 Å². The summed E-state index contributed by atoms with van der Waals surface area (Å²) in [6, 6.07) is 1.53. The minimum atomic E-state index is -1.45. The number of benzene rings is 1. The monoisotopic (exact) mass is 487 g/mol. The number of halogens is 2. The van der Waals surface area contributed by atoms with Gasteiger partial charge in [-0.2, -0.15) is 0 Å². The molecule has 7 heteroatoms. The Labute approximate surface area is 205 Å². The van der Waals surface area contributed by atoms with Crippen LogP contribution in [-0.4, -0.2) is 47.2 Å². The molecule has 6 fully saturated rings. The van der Waals surface area contributed by atoms with Crippen LogP contribution in [0.1, 0.15) is 80.1 Å². The molecule has 0 aromatic heterocycles. The van der Waals surface area contributed by atoms with E-state index in [-0.39, 0.29) is 18.0 Å². The molecule has 0 unspecified atom stereocenters. The molecule has 35 heavy (non-hydrogen) atoms. The largest absolute Gasteiger partial charge is 0.493 e. The van der Waals surface area contributed by atoms with Crippen LogP contribution in [0.15, 0.2) is 12.1 Å². The van der Waals surface area contributed by atoms with Crippen molar-refractivity contribution < 1.29 is 28.2 Å². The molecule has 7 rings (SSSR count). The van der Waals surface area contributed by atoms with E-state index >= 15 is 4.39 Å². The molecule has 0 radical (unpaired) electrons. The number of hydrogen-bond acceptors (Lipinski definition) is 3. The molecule has 5 aliphatic carbocycles. The Bertz CT molecular complexity index is 996. The molecule has 1 saturated heterocycles. The lowest BCUT2D eigenvalue weighted by atomic mass is 9.51. The van der Waals surface area contributed by atoms with Gasteiger partial charge in [0.1, 0.15) is 23.8 Å². The van der Waals surface area contributed by atoms with E-state index in [1.807, 2.05) is 0 Å². The van der Waals surface area contributed by atoms with E-state index in [4.69, 9.17) is 4.74 Å². The maximum Gasteiger partial charge on any atom is 0.326 e. The highest BCUT2D eigenvalue weighted by Gasteiger charge is 2.48. The Kier molecular flexibility index (Phi) is 5.80. The summed E-state index contributed by atoms with van der Waals surface area (Å²) in [5.41, 5.74) is 0.628. The first-order valence-electron chi connectivity index (χ1n) is 13.4. The molecule has 0 spiro atoms. The predicted molar refractivity (Wildman–Crippen MR) is 126 cm³/mol. The number of aliphatic carboxylic acids is 1. The zero-order valence-electron chi connectivity index (χ0n) is 20.3. The van der Waals surface area contributed by atoms with E-state index in [9.17, 15) is 19.1 Å². The number of carbonyl (C=O) groups excluding carboxylic acids is 1. The van der Waals surface area contributed by atoms with Gasteiger partial charge in [-0.3, -0.25) is 4.79 Å². The highest BCUT2D eigenvalue weighted by atomic mass is 19.1. The second kappa shape index (κ2) is 8.74. The van der Waals surface area contributed by atoms with Gasteiger partial charge in [0.05, 0.1) is 18.7 Å². The predicted octanol–water partition coefficient (Wildman–Crippen LogP) is 5.43. The quantitative estimate of drug-likeness (QED) is 0.557. The van der Waals surface area contributed by atoms with E-state index < -0.39 is 35.8 Å². The molecule has 4 bridgehead atoms. The van der Waals surface area contributed by atoms with Crippen molar-refractivity contribution in [2.45, 2.75) is 76.4 Å². The number of alkyl halides is 1. The average Bonchev–Trinajstić information content (AvgIpc) is 3.60. The van der Waals surface area contributed by atoms with E-state index in [2.05, 4.69) is 0 Å². The number of ether oxygens (including phenoxy) is 1. The van der Waals surface area contributed by atoms with Gasteiger partial charge in [-0.15, -0.1) is 0 Å². The SMILES string of the molecule is C[C@@H]1[C@H](F)CN(C(=O)c2cc(C3CC3)c(OCCC3C4CC5CC(C4)CC3C5)cc2F)[C@@H]1C(=O)O. The number of hydrogen-bond donors (Lipinski definition) is 1. The molecule has 1 aromatic carbocycles. The third-order valence-corrected chi connectivity index (χ3v) is 9.77. The standard InChI is InChI=1S/C28H35F2NO4/c1-14-24(30)13-31(26(14)28(33)34)27(32)22-11-21(17-2-3-17)25(12-23(22)29)35-5-4-20-18-7-15-6-16(9-18)10-19(20)8-15/h11-12,14-20,24,26H,2-10,13H2,1H3,(H,33,34)/t14-,15?,16?,18?,19?,20?,24-,26+/m1/s1. The second-order valence-electron chi connectivity index (χ2n) is 12.0. The Balaban J connectivity index is 1.17. The maximum atomic E-state index is 15.2. The van der Waals surface area contributed by atoms with Gasteiger partial charge in [0, 0.05) is 12.0 Å². The van der Waals surface area contributed by atoms with Gasteiger partial charge in [-0.05, 0) is 98.5 Å². The van der Waals surface area contributed by atoms with E-state index in [1.54, 1.807) is 0 Å². The van der Waals surface area contributed by atoms with Crippen LogP contribution in [0.2, 0.25) is 0 Å². The number of amides is 1. The van der Waals surface area contributed by atoms with Crippen molar-refractivity contribution in [1.82, 2.24) is 4.90 Å². The molecule has 3 atom stereocenters. The van der Waals surface area contributed by atoms with Gasteiger partial charge in [0.2, 0.25) is 0 Å². The molecular formula is C28H35F2NO4. The number of likely N-dealkylation sites (tertiary alicyclic amines) is 1. The summed E-state index contributed by atoms with van der Waals surface area (Å²) in [7, 11) is 0. The van der Waals surface area contributed by atoms with Gasteiger partial charge in [-0.1, -0.05) is 6.92 Å². The lowest BCUT2D eigenvalue weighted by Gasteiger charge is -2.54. The normalized spacial score (nSPS) is 37.6. The fourth-order valence-corrected chi connectivity index (χ4v) is 8.06. The highest BCUT2D eigenvalue weighted by molar-refractivity contribution is 5.97. The van der Waals surface area contributed by atoms with Crippen molar-refractivity contribution in [3.8, 4) is 5.75 Å². The molecule has 1 amide bonds. The molecule has 5 nitrogen and oxygen atoms in total. The van der Waals surface area contributed by atoms with Gasteiger partial charge in [0.15, 0.2) is 0 Å². The zero-order valence-corrected chi connectivity index (χ0v) is 20.3. The lowest BCUT2D eigenvalue weighted by Crippen LogP contribution is -2.45. The number of carbonyl (C=O) groups is 2. The van der Waals surface area contributed by atoms with Crippen molar-refractivity contribution in [3.05, 3.63) is 29.1 Å². The van der Waals surface area contributed by atoms with Crippen LogP contribution in [0.4, 0.5) is 8.78 Å². The number of rotatable bonds is 7. The Morgan fingerprint density at radius 2 is 1.74 bits per heavy atom. The van der Waals surface area contributed by atoms with Crippen molar-refractivity contribution in [2.24, 2.45) is 35.5 Å². The van der Waals surface area contributed by atoms with E-state index in [0.717, 1.165) is 53.4 Å².